The summed E-state index contributed by atoms with van der Waals surface area (Å²) in [5.41, 5.74) is -0.283. The molecule has 1 saturated heterocycles. The van der Waals surface area contributed by atoms with Gasteiger partial charge in [-0.2, -0.15) is 13.2 Å². The third-order valence-corrected chi connectivity index (χ3v) is 5.36. The Kier molecular flexibility index (Phi) is 5.60. The maximum absolute atomic E-state index is 13.9. The number of aliphatic hydroxyl groups excluding tert-OH is 3. The molecule has 1 aliphatic rings. The Balaban J connectivity index is 1.81. The summed E-state index contributed by atoms with van der Waals surface area (Å²) >= 11 is 0. The van der Waals surface area contributed by atoms with Gasteiger partial charge in [-0.25, -0.2) is 9.97 Å². The van der Waals surface area contributed by atoms with E-state index in [9.17, 15) is 28.5 Å². The van der Waals surface area contributed by atoms with Crippen LogP contribution in [-0.4, -0.2) is 54.8 Å². The molecule has 0 amide bonds. The Hall–Kier alpha value is -2.73. The molecule has 3 heterocycles. The average Bonchev–Trinajstić information content (AvgIpc) is 3.27. The van der Waals surface area contributed by atoms with Crippen LogP contribution in [0.5, 0.6) is 0 Å². The number of halogens is 3. The summed E-state index contributed by atoms with van der Waals surface area (Å²) in [6.45, 7) is 1.19. The van der Waals surface area contributed by atoms with E-state index in [1.54, 1.807) is 6.92 Å². The van der Waals surface area contributed by atoms with Crippen molar-refractivity contribution in [1.82, 2.24) is 14.5 Å². The summed E-state index contributed by atoms with van der Waals surface area (Å²) < 4.78 is 48.1. The van der Waals surface area contributed by atoms with Gasteiger partial charge in [0.2, 0.25) is 0 Å². The van der Waals surface area contributed by atoms with Gasteiger partial charge in [-0.1, -0.05) is 30.3 Å². The van der Waals surface area contributed by atoms with Crippen LogP contribution in [0.2, 0.25) is 0 Å². The van der Waals surface area contributed by atoms with E-state index in [1.807, 2.05) is 30.3 Å². The van der Waals surface area contributed by atoms with E-state index in [0.717, 1.165) is 22.7 Å². The number of nitrogens with one attached hydrogen (secondary N) is 1. The van der Waals surface area contributed by atoms with Gasteiger partial charge in [-0.05, 0) is 12.5 Å². The lowest BCUT2D eigenvalue weighted by Crippen LogP contribution is -2.33. The Morgan fingerprint density at radius 3 is 2.48 bits per heavy atom. The number of anilines is 1. The quantitative estimate of drug-likeness (QED) is 0.483. The third-order valence-electron chi connectivity index (χ3n) is 5.36. The lowest BCUT2D eigenvalue weighted by molar-refractivity contribution is -0.136. The van der Waals surface area contributed by atoms with Crippen LogP contribution < -0.4 is 5.32 Å². The smallest absolute Gasteiger partial charge is 0.394 e. The van der Waals surface area contributed by atoms with Crippen molar-refractivity contribution in [3.63, 3.8) is 0 Å². The van der Waals surface area contributed by atoms with Crippen LogP contribution >= 0.6 is 0 Å². The molecule has 0 bridgehead atoms. The Morgan fingerprint density at radius 1 is 1.16 bits per heavy atom. The number of aliphatic hydroxyl groups is 3. The van der Waals surface area contributed by atoms with Crippen molar-refractivity contribution in [3.05, 3.63) is 54.0 Å². The molecule has 4 rings (SSSR count). The lowest BCUT2D eigenvalue weighted by atomic mass is 10.1. The minimum atomic E-state index is -4.74. The van der Waals surface area contributed by atoms with Gasteiger partial charge in [0.15, 0.2) is 6.23 Å². The monoisotopic (exact) mass is 438 g/mol. The number of rotatable bonds is 5. The molecule has 0 radical (unpaired) electrons. The number of aromatic nitrogens is 3. The molecule has 3 aromatic rings. The van der Waals surface area contributed by atoms with Crippen LogP contribution in [0.4, 0.5) is 19.0 Å². The maximum atomic E-state index is 13.9. The lowest BCUT2D eigenvalue weighted by Gasteiger charge is -2.18. The normalized spacial score (nSPS) is 25.1. The number of fused-ring (bicyclic) bond motifs is 1. The predicted octanol–water partition coefficient (Wildman–Crippen LogP) is 2.23. The molecule has 2 aromatic heterocycles. The zero-order chi connectivity index (χ0) is 22.3. The van der Waals surface area contributed by atoms with Gasteiger partial charge >= 0.3 is 6.18 Å². The molecule has 166 valence electrons. The first-order chi connectivity index (χ1) is 14.7. The van der Waals surface area contributed by atoms with Gasteiger partial charge in [0.1, 0.15) is 36.1 Å². The second-order valence-electron chi connectivity index (χ2n) is 7.37. The van der Waals surface area contributed by atoms with E-state index in [0.29, 0.717) is 0 Å². The summed E-state index contributed by atoms with van der Waals surface area (Å²) in [6, 6.07) is 8.81. The van der Waals surface area contributed by atoms with Crippen molar-refractivity contribution in [3.8, 4) is 0 Å². The van der Waals surface area contributed by atoms with Crippen molar-refractivity contribution in [1.29, 1.82) is 0 Å². The summed E-state index contributed by atoms with van der Waals surface area (Å²) in [5.74, 6) is -0.0285. The van der Waals surface area contributed by atoms with Crippen molar-refractivity contribution in [2.24, 2.45) is 0 Å². The molecule has 4 N–H and O–H groups in total. The van der Waals surface area contributed by atoms with Crippen molar-refractivity contribution < 1.29 is 33.2 Å². The SMILES string of the molecule is C[C@@H](Nc1ncnc2c1c(C(F)(F)F)cn2[C@@H]1O[C@H](CO)[C@@H](O)[C@H]1O)c1ccccc1. The topological polar surface area (TPSA) is 113 Å². The van der Waals surface area contributed by atoms with E-state index >= 15 is 0 Å². The minimum Gasteiger partial charge on any atom is -0.394 e. The summed E-state index contributed by atoms with van der Waals surface area (Å²) in [6.07, 6.45) is -8.36. The van der Waals surface area contributed by atoms with Gasteiger partial charge in [0, 0.05) is 12.2 Å². The molecule has 0 unspecified atom stereocenters. The largest absolute Gasteiger partial charge is 0.418 e. The van der Waals surface area contributed by atoms with Crippen molar-refractivity contribution in [2.75, 3.05) is 11.9 Å². The number of ether oxygens (including phenoxy) is 1. The van der Waals surface area contributed by atoms with Gasteiger partial charge in [-0.15, -0.1) is 0 Å². The molecule has 1 aliphatic heterocycles. The second kappa shape index (κ2) is 8.08. The molecule has 0 aliphatic carbocycles. The average molecular weight is 438 g/mol. The highest BCUT2D eigenvalue weighted by molar-refractivity contribution is 5.91. The Bertz CT molecular complexity index is 1060. The number of alkyl halides is 3. The third kappa shape index (κ3) is 3.85. The Labute approximate surface area is 174 Å². The van der Waals surface area contributed by atoms with Crippen LogP contribution in [0.15, 0.2) is 42.9 Å². The van der Waals surface area contributed by atoms with E-state index in [4.69, 9.17) is 4.74 Å². The molecule has 5 atom stereocenters. The number of nitrogens with zero attached hydrogens (tertiary/aromatic N) is 3. The standard InChI is InChI=1S/C20H21F3N4O4/c1-10(11-5-3-2-4-6-11)26-17-14-12(20(21,22)23)7-27(18(14)25-9-24-17)19-16(30)15(29)13(8-28)31-19/h2-7,9-10,13,15-16,19,28-30H,8H2,1H3,(H,24,25,26)/t10-,13-,15-,16-,19-/m1/s1. The predicted molar refractivity (Wildman–Crippen MR) is 104 cm³/mol. The summed E-state index contributed by atoms with van der Waals surface area (Å²) in [7, 11) is 0. The van der Waals surface area contributed by atoms with E-state index in [-0.39, 0.29) is 22.9 Å². The van der Waals surface area contributed by atoms with Crippen LogP contribution in [0, 0.1) is 0 Å². The van der Waals surface area contributed by atoms with Crippen LogP contribution in [0.3, 0.4) is 0 Å². The molecule has 31 heavy (non-hydrogen) atoms. The molecular formula is C20H21F3N4O4. The first-order valence-electron chi connectivity index (χ1n) is 9.59. The highest BCUT2D eigenvalue weighted by atomic mass is 19.4. The molecule has 0 spiro atoms. The second-order valence-corrected chi connectivity index (χ2v) is 7.37. The van der Waals surface area contributed by atoms with Gasteiger partial charge in [0.05, 0.1) is 17.6 Å². The number of hydrogen-bond acceptors (Lipinski definition) is 7. The zero-order valence-corrected chi connectivity index (χ0v) is 16.4. The first-order valence-corrected chi connectivity index (χ1v) is 9.59. The zero-order valence-electron chi connectivity index (χ0n) is 16.4. The van der Waals surface area contributed by atoms with Crippen molar-refractivity contribution >= 4 is 16.9 Å². The van der Waals surface area contributed by atoms with Crippen LogP contribution in [-0.2, 0) is 10.9 Å². The van der Waals surface area contributed by atoms with Gasteiger partial charge < -0.3 is 29.9 Å². The van der Waals surface area contributed by atoms with Gasteiger partial charge in [-0.3, -0.25) is 0 Å². The van der Waals surface area contributed by atoms with Crippen LogP contribution in [0.25, 0.3) is 11.0 Å². The van der Waals surface area contributed by atoms with E-state index in [2.05, 4.69) is 15.3 Å². The maximum Gasteiger partial charge on any atom is 0.418 e. The fourth-order valence-electron chi connectivity index (χ4n) is 3.74. The molecule has 8 nitrogen and oxygen atoms in total. The minimum absolute atomic E-state index is 0.0285. The molecule has 1 fully saturated rings. The molecular weight excluding hydrogens is 417 g/mol. The fourth-order valence-corrected chi connectivity index (χ4v) is 3.74. The fraction of sp³-hybridized carbons (Fsp3) is 0.400. The first kappa shape index (κ1) is 21.5. The van der Waals surface area contributed by atoms with Crippen LogP contribution in [0.1, 0.15) is 30.3 Å². The molecule has 0 saturated carbocycles. The number of hydrogen-bond donors (Lipinski definition) is 4. The number of benzene rings is 1. The highest BCUT2D eigenvalue weighted by Crippen LogP contribution is 2.42. The van der Waals surface area contributed by atoms with Crippen molar-refractivity contribution in [2.45, 2.75) is 43.7 Å². The summed E-state index contributed by atoms with van der Waals surface area (Å²) in [4.78, 5) is 8.01. The van der Waals surface area contributed by atoms with E-state index in [1.165, 1.54) is 0 Å². The molecule has 1 aromatic carbocycles. The van der Waals surface area contributed by atoms with Gasteiger partial charge in [0.25, 0.3) is 0 Å². The Morgan fingerprint density at radius 2 is 1.87 bits per heavy atom. The summed E-state index contributed by atoms with van der Waals surface area (Å²) in [5, 5.41) is 32.3. The highest BCUT2D eigenvalue weighted by Gasteiger charge is 2.45. The molecule has 11 heteroatoms. The van der Waals surface area contributed by atoms with E-state index < -0.39 is 42.9 Å².